The number of piperidine rings is 1. The van der Waals surface area contributed by atoms with Crippen LogP contribution >= 0.6 is 0 Å². The Kier molecular flexibility index (Phi) is 7.09. The highest BCUT2D eigenvalue weighted by Crippen LogP contribution is 2.56. The molecule has 1 saturated carbocycles. The van der Waals surface area contributed by atoms with Crippen LogP contribution in [0.5, 0.6) is 5.75 Å². The van der Waals surface area contributed by atoms with Gasteiger partial charge in [-0.15, -0.1) is 0 Å². The zero-order chi connectivity index (χ0) is 27.0. The molecule has 3 N–H and O–H groups in total. The van der Waals surface area contributed by atoms with Crippen molar-refractivity contribution in [3.8, 4) is 11.8 Å². The highest BCUT2D eigenvalue weighted by Gasteiger charge is 2.49. The number of likely N-dealkylation sites (tertiary alicyclic amines) is 1. The summed E-state index contributed by atoms with van der Waals surface area (Å²) in [6.07, 6.45) is 7.18. The second-order valence-corrected chi connectivity index (χ2v) is 12.0. The van der Waals surface area contributed by atoms with E-state index in [0.29, 0.717) is 11.5 Å². The first-order valence-corrected chi connectivity index (χ1v) is 14.3. The lowest BCUT2D eigenvalue weighted by molar-refractivity contribution is -0.0298. The summed E-state index contributed by atoms with van der Waals surface area (Å²) in [5, 5.41) is 17.0. The summed E-state index contributed by atoms with van der Waals surface area (Å²) >= 11 is 0. The van der Waals surface area contributed by atoms with E-state index in [-0.39, 0.29) is 23.3 Å². The number of rotatable bonds is 8. The van der Waals surface area contributed by atoms with Gasteiger partial charge >= 0.3 is 0 Å². The van der Waals surface area contributed by atoms with Crippen molar-refractivity contribution in [1.29, 1.82) is 5.26 Å². The van der Waals surface area contributed by atoms with Gasteiger partial charge in [-0.3, -0.25) is 9.69 Å². The van der Waals surface area contributed by atoms with Crippen LogP contribution in [-0.4, -0.2) is 49.1 Å². The third-order valence-electron chi connectivity index (χ3n) is 9.49. The minimum atomic E-state index is 0.000833. The van der Waals surface area contributed by atoms with Crippen LogP contribution in [0.15, 0.2) is 42.6 Å². The van der Waals surface area contributed by atoms with E-state index >= 15 is 0 Å². The molecule has 6 rings (SSSR count). The van der Waals surface area contributed by atoms with Gasteiger partial charge in [0.2, 0.25) is 0 Å². The molecule has 204 valence electrons. The van der Waals surface area contributed by atoms with Crippen molar-refractivity contribution in [2.24, 2.45) is 17.3 Å². The molecule has 7 heteroatoms. The van der Waals surface area contributed by atoms with E-state index in [2.05, 4.69) is 57.8 Å². The number of ether oxygens (including phenoxy) is 1. The van der Waals surface area contributed by atoms with Crippen molar-refractivity contribution < 1.29 is 9.53 Å². The van der Waals surface area contributed by atoms with Crippen LogP contribution in [-0.2, 0) is 6.54 Å². The van der Waals surface area contributed by atoms with Gasteiger partial charge in [-0.1, -0.05) is 12.1 Å². The number of nitrogens with zero attached hydrogens (tertiary/aromatic N) is 2. The van der Waals surface area contributed by atoms with Crippen molar-refractivity contribution in [3.05, 3.63) is 64.8 Å². The average molecular weight is 526 g/mol. The number of carbonyl (C=O) groups excluding carboxylic acids is 1. The zero-order valence-electron chi connectivity index (χ0n) is 23.1. The fraction of sp³-hybridized carbons (Fsp3) is 0.500. The molecule has 0 bridgehead atoms. The minimum Gasteiger partial charge on any atom is -0.496 e. The number of aryl methyl sites for hydroxylation is 1. The van der Waals surface area contributed by atoms with Crippen molar-refractivity contribution in [1.82, 2.24) is 20.5 Å². The molecule has 1 aliphatic carbocycles. The van der Waals surface area contributed by atoms with Gasteiger partial charge in [-0.05, 0) is 105 Å². The smallest absolute Gasteiger partial charge is 0.251 e. The topological polar surface area (TPSA) is 93.2 Å². The van der Waals surface area contributed by atoms with Crippen LogP contribution in [0.25, 0.3) is 10.9 Å². The molecule has 3 fully saturated rings. The normalized spacial score (nSPS) is 25.2. The molecule has 3 aliphatic rings. The van der Waals surface area contributed by atoms with E-state index in [9.17, 15) is 10.1 Å². The van der Waals surface area contributed by atoms with Crippen molar-refractivity contribution in [3.63, 3.8) is 0 Å². The Bertz CT molecular complexity index is 1380. The first kappa shape index (κ1) is 25.9. The Morgan fingerprint density at radius 3 is 2.69 bits per heavy atom. The maximum Gasteiger partial charge on any atom is 0.251 e. The highest BCUT2D eigenvalue weighted by atomic mass is 16.5. The first-order chi connectivity index (χ1) is 19.0. The van der Waals surface area contributed by atoms with Gasteiger partial charge in [0.05, 0.1) is 13.2 Å². The highest BCUT2D eigenvalue weighted by molar-refractivity contribution is 5.94. The molecule has 3 heterocycles. The standard InChI is InChI=1S/C32H39N5O2/c1-21-13-29(39-2)27(26-8-11-35-30(21)26)20-37-12-9-32(14-23(15-32)17-33)16-28(37)24-3-5-25(6-4-24)31(38)36-10-7-22-18-34-19-22/h3-6,8,11,13,22-23,28,34-35H,7,9-10,12,14-16,18-20H2,1-2H3,(H,36,38). The summed E-state index contributed by atoms with van der Waals surface area (Å²) in [6, 6.07) is 15.2. The number of aromatic nitrogens is 1. The SMILES string of the molecule is COc1cc(C)c2[nH]ccc2c1CN1CCC2(CC(C#N)C2)CC1c1ccc(C(=O)NCCC2CNC2)cc1. The fourth-order valence-electron chi connectivity index (χ4n) is 7.03. The van der Waals surface area contributed by atoms with Gasteiger partial charge in [-0.2, -0.15) is 5.26 Å². The number of hydrogen-bond donors (Lipinski definition) is 3. The predicted molar refractivity (Wildman–Crippen MR) is 152 cm³/mol. The van der Waals surface area contributed by atoms with E-state index in [1.807, 2.05) is 18.3 Å². The molecular weight excluding hydrogens is 486 g/mol. The first-order valence-electron chi connectivity index (χ1n) is 14.3. The van der Waals surface area contributed by atoms with Gasteiger partial charge < -0.3 is 20.4 Å². The van der Waals surface area contributed by atoms with Gasteiger partial charge in [0.1, 0.15) is 5.75 Å². The van der Waals surface area contributed by atoms with Crippen LogP contribution in [0, 0.1) is 35.5 Å². The van der Waals surface area contributed by atoms with Gasteiger partial charge in [0, 0.05) is 53.3 Å². The van der Waals surface area contributed by atoms with E-state index in [4.69, 9.17) is 4.74 Å². The lowest BCUT2D eigenvalue weighted by Gasteiger charge is -2.53. The van der Waals surface area contributed by atoms with Crippen LogP contribution in [0.1, 0.15) is 65.2 Å². The number of hydrogen-bond acceptors (Lipinski definition) is 5. The molecule has 0 radical (unpaired) electrons. The molecule has 3 aromatic rings. The zero-order valence-corrected chi connectivity index (χ0v) is 23.1. The van der Waals surface area contributed by atoms with Crippen molar-refractivity contribution in [2.75, 3.05) is 33.3 Å². The Hall–Kier alpha value is -3.34. The number of benzene rings is 2. The van der Waals surface area contributed by atoms with E-state index < -0.39 is 0 Å². The maximum atomic E-state index is 12.8. The number of carbonyl (C=O) groups is 1. The van der Waals surface area contributed by atoms with E-state index in [1.54, 1.807) is 7.11 Å². The van der Waals surface area contributed by atoms with Gasteiger partial charge in [0.15, 0.2) is 0 Å². The molecule has 1 amide bonds. The number of H-pyrrole nitrogens is 1. The van der Waals surface area contributed by atoms with Crippen molar-refractivity contribution in [2.45, 2.75) is 51.6 Å². The number of aromatic amines is 1. The Balaban J connectivity index is 1.23. The molecule has 1 spiro atoms. The van der Waals surface area contributed by atoms with Crippen LogP contribution in [0.2, 0.25) is 0 Å². The summed E-state index contributed by atoms with van der Waals surface area (Å²) in [4.78, 5) is 18.7. The fourth-order valence-corrected chi connectivity index (χ4v) is 7.03. The molecule has 39 heavy (non-hydrogen) atoms. The van der Waals surface area contributed by atoms with E-state index in [0.717, 1.165) is 76.1 Å². The number of fused-ring (bicyclic) bond motifs is 1. The molecule has 7 nitrogen and oxygen atoms in total. The Labute approximate surface area is 230 Å². The summed E-state index contributed by atoms with van der Waals surface area (Å²) in [6.45, 7) is 6.72. The monoisotopic (exact) mass is 525 g/mol. The second-order valence-electron chi connectivity index (χ2n) is 12.0. The van der Waals surface area contributed by atoms with Gasteiger partial charge in [-0.25, -0.2) is 0 Å². The van der Waals surface area contributed by atoms with Crippen LogP contribution < -0.4 is 15.4 Å². The minimum absolute atomic E-state index is 0.000833. The van der Waals surface area contributed by atoms with Crippen LogP contribution in [0.3, 0.4) is 0 Å². The summed E-state index contributed by atoms with van der Waals surface area (Å²) in [5.74, 6) is 1.80. The van der Waals surface area contributed by atoms with E-state index in [1.165, 1.54) is 22.1 Å². The van der Waals surface area contributed by atoms with Gasteiger partial charge in [0.25, 0.3) is 5.91 Å². The molecule has 1 aromatic heterocycles. The molecule has 2 saturated heterocycles. The molecule has 2 aromatic carbocycles. The maximum absolute atomic E-state index is 12.8. The third-order valence-corrected chi connectivity index (χ3v) is 9.49. The molecule has 1 atom stereocenters. The summed E-state index contributed by atoms with van der Waals surface area (Å²) in [5.41, 5.74) is 5.75. The third kappa shape index (κ3) is 5.04. The number of nitriles is 1. The number of amides is 1. The number of methoxy groups -OCH3 is 1. The van der Waals surface area contributed by atoms with Crippen LogP contribution in [0.4, 0.5) is 0 Å². The molecule has 1 unspecified atom stereocenters. The molecular formula is C32H39N5O2. The molecule has 2 aliphatic heterocycles. The van der Waals surface area contributed by atoms with Crippen molar-refractivity contribution >= 4 is 16.8 Å². The Morgan fingerprint density at radius 1 is 1.21 bits per heavy atom. The lowest BCUT2D eigenvalue weighted by Crippen LogP contribution is -2.48. The Morgan fingerprint density at radius 2 is 2.00 bits per heavy atom. The number of nitrogens with one attached hydrogen (secondary N) is 3. The summed E-state index contributed by atoms with van der Waals surface area (Å²) < 4.78 is 5.86. The summed E-state index contributed by atoms with van der Waals surface area (Å²) in [7, 11) is 1.75. The predicted octanol–water partition coefficient (Wildman–Crippen LogP) is 5.08. The second kappa shape index (κ2) is 10.7. The quantitative estimate of drug-likeness (QED) is 0.381. The largest absolute Gasteiger partial charge is 0.496 e. The average Bonchev–Trinajstić information content (AvgIpc) is 3.41. The lowest BCUT2D eigenvalue weighted by atomic mass is 9.56.